The topological polar surface area (TPSA) is 80.4 Å². The molecule has 1 aromatic rings. The Bertz CT molecular complexity index is 416. The van der Waals surface area contributed by atoms with Crippen molar-refractivity contribution in [2.45, 2.75) is 17.9 Å². The fourth-order valence-corrected chi connectivity index (χ4v) is 2.08. The summed E-state index contributed by atoms with van der Waals surface area (Å²) in [5.41, 5.74) is 6.32. The van der Waals surface area contributed by atoms with Gasteiger partial charge in [-0.1, -0.05) is 19.1 Å². The molecular formula is C10H16ClNO3S. The normalized spacial score (nSPS) is 12.9. The summed E-state index contributed by atoms with van der Waals surface area (Å²) in [7, 11) is -3.15. The number of aliphatic hydroxyl groups is 1. The van der Waals surface area contributed by atoms with Crippen molar-refractivity contribution in [3.05, 3.63) is 29.8 Å². The predicted molar refractivity (Wildman–Crippen MR) is 65.4 cm³/mol. The molecule has 0 radical (unpaired) electrons. The minimum Gasteiger partial charge on any atom is -0.394 e. The largest absolute Gasteiger partial charge is 0.394 e. The van der Waals surface area contributed by atoms with E-state index in [-0.39, 0.29) is 24.8 Å². The molecule has 1 atom stereocenters. The van der Waals surface area contributed by atoms with Crippen molar-refractivity contribution in [1.82, 2.24) is 0 Å². The number of nitrogens with two attached hydrogens (primary N) is 1. The summed E-state index contributed by atoms with van der Waals surface area (Å²) >= 11 is 0. The average Bonchev–Trinajstić information content (AvgIpc) is 2.28. The maximum absolute atomic E-state index is 11.5. The van der Waals surface area contributed by atoms with E-state index in [1.807, 2.05) is 0 Å². The summed E-state index contributed by atoms with van der Waals surface area (Å²) in [5.74, 6) is 0.0817. The Hall–Kier alpha value is -0.620. The second-order valence-electron chi connectivity index (χ2n) is 3.26. The third kappa shape index (κ3) is 3.45. The Balaban J connectivity index is 0.00000225. The highest BCUT2D eigenvalue weighted by atomic mass is 35.5. The molecule has 0 saturated heterocycles. The monoisotopic (exact) mass is 265 g/mol. The van der Waals surface area contributed by atoms with Crippen LogP contribution in [0.25, 0.3) is 0 Å². The van der Waals surface area contributed by atoms with Gasteiger partial charge in [0.05, 0.1) is 23.3 Å². The molecule has 0 aliphatic heterocycles. The van der Waals surface area contributed by atoms with Gasteiger partial charge in [0.1, 0.15) is 0 Å². The van der Waals surface area contributed by atoms with Crippen LogP contribution < -0.4 is 5.73 Å². The van der Waals surface area contributed by atoms with Crippen LogP contribution in [0.15, 0.2) is 29.2 Å². The number of sulfone groups is 1. The lowest BCUT2D eigenvalue weighted by Crippen LogP contribution is -2.14. The third-order valence-electron chi connectivity index (χ3n) is 2.24. The van der Waals surface area contributed by atoms with Crippen LogP contribution in [-0.2, 0) is 9.84 Å². The molecule has 3 N–H and O–H groups in total. The van der Waals surface area contributed by atoms with Crippen molar-refractivity contribution in [2.75, 3.05) is 12.4 Å². The van der Waals surface area contributed by atoms with Gasteiger partial charge in [0.25, 0.3) is 0 Å². The van der Waals surface area contributed by atoms with Gasteiger partial charge in [0.2, 0.25) is 0 Å². The number of halogens is 1. The number of rotatable bonds is 4. The van der Waals surface area contributed by atoms with E-state index in [0.29, 0.717) is 4.90 Å². The number of hydrogen-bond donors (Lipinski definition) is 2. The summed E-state index contributed by atoms with van der Waals surface area (Å²) in [6, 6.07) is 5.84. The summed E-state index contributed by atoms with van der Waals surface area (Å²) in [6.45, 7) is 1.45. The van der Waals surface area contributed by atoms with Gasteiger partial charge in [-0.25, -0.2) is 8.42 Å². The quantitative estimate of drug-likeness (QED) is 0.847. The molecule has 0 unspecified atom stereocenters. The van der Waals surface area contributed by atoms with Crippen LogP contribution in [-0.4, -0.2) is 25.9 Å². The van der Waals surface area contributed by atoms with Crippen molar-refractivity contribution in [1.29, 1.82) is 0 Å². The molecule has 0 aliphatic carbocycles. The smallest absolute Gasteiger partial charge is 0.178 e. The molecular weight excluding hydrogens is 250 g/mol. The molecule has 0 amide bonds. The molecule has 0 bridgehead atoms. The fraction of sp³-hybridized carbons (Fsp3) is 0.400. The highest BCUT2D eigenvalue weighted by molar-refractivity contribution is 7.91. The zero-order chi connectivity index (χ0) is 11.5. The van der Waals surface area contributed by atoms with E-state index in [1.54, 1.807) is 19.1 Å². The first-order valence-electron chi connectivity index (χ1n) is 4.70. The molecule has 16 heavy (non-hydrogen) atoms. The molecule has 0 heterocycles. The highest BCUT2D eigenvalue weighted by Gasteiger charge is 2.12. The summed E-state index contributed by atoms with van der Waals surface area (Å²) < 4.78 is 22.9. The Morgan fingerprint density at radius 3 is 2.19 bits per heavy atom. The molecule has 0 aromatic heterocycles. The van der Waals surface area contributed by atoms with E-state index in [2.05, 4.69) is 0 Å². The molecule has 1 aromatic carbocycles. The van der Waals surface area contributed by atoms with E-state index < -0.39 is 15.9 Å². The lowest BCUT2D eigenvalue weighted by Gasteiger charge is -2.09. The molecule has 0 fully saturated rings. The van der Waals surface area contributed by atoms with Gasteiger partial charge in [0.15, 0.2) is 9.84 Å². The van der Waals surface area contributed by atoms with Crippen LogP contribution in [0.1, 0.15) is 18.5 Å². The molecule has 0 aliphatic rings. The van der Waals surface area contributed by atoms with Crippen LogP contribution in [0, 0.1) is 0 Å². The first kappa shape index (κ1) is 15.4. The lowest BCUT2D eigenvalue weighted by molar-refractivity contribution is 0.268. The summed E-state index contributed by atoms with van der Waals surface area (Å²) in [5, 5.41) is 8.82. The van der Waals surface area contributed by atoms with Crippen molar-refractivity contribution in [3.63, 3.8) is 0 Å². The van der Waals surface area contributed by atoms with Gasteiger partial charge in [-0.2, -0.15) is 0 Å². The second-order valence-corrected chi connectivity index (χ2v) is 5.54. The minimum atomic E-state index is -3.15. The van der Waals surface area contributed by atoms with Crippen LogP contribution >= 0.6 is 12.4 Å². The summed E-state index contributed by atoms with van der Waals surface area (Å²) in [6.07, 6.45) is 0. The third-order valence-corrected chi connectivity index (χ3v) is 3.99. The maximum atomic E-state index is 11.5. The van der Waals surface area contributed by atoms with Crippen LogP contribution in [0.2, 0.25) is 0 Å². The van der Waals surface area contributed by atoms with E-state index in [0.717, 1.165) is 5.56 Å². The van der Waals surface area contributed by atoms with Gasteiger partial charge in [-0.15, -0.1) is 12.4 Å². The predicted octanol–water partition coefficient (Wildman–Crippen LogP) is 0.894. The fourth-order valence-electron chi connectivity index (χ4n) is 1.19. The molecule has 4 nitrogen and oxygen atoms in total. The first-order valence-corrected chi connectivity index (χ1v) is 6.35. The number of benzene rings is 1. The van der Waals surface area contributed by atoms with Gasteiger partial charge >= 0.3 is 0 Å². The molecule has 92 valence electrons. The standard InChI is InChI=1S/C10H15NO3S.ClH/c1-2-15(13,14)9-5-3-8(4-6-9)10(11)7-12;/h3-6,10,12H,2,7,11H2,1H3;1H/t10-;/m0./s1. The van der Waals surface area contributed by atoms with Gasteiger partial charge < -0.3 is 10.8 Å². The SMILES string of the molecule is CCS(=O)(=O)c1ccc([C@@H](N)CO)cc1.Cl. The van der Waals surface area contributed by atoms with E-state index >= 15 is 0 Å². The Morgan fingerprint density at radius 2 is 1.81 bits per heavy atom. The maximum Gasteiger partial charge on any atom is 0.178 e. The van der Waals surface area contributed by atoms with Crippen LogP contribution in [0.4, 0.5) is 0 Å². The second kappa shape index (κ2) is 6.20. The van der Waals surface area contributed by atoms with Crippen LogP contribution in [0.3, 0.4) is 0 Å². The van der Waals surface area contributed by atoms with Gasteiger partial charge in [-0.05, 0) is 17.7 Å². The zero-order valence-electron chi connectivity index (χ0n) is 8.96. The number of hydrogen-bond acceptors (Lipinski definition) is 4. The van der Waals surface area contributed by atoms with Crippen molar-refractivity contribution >= 4 is 22.2 Å². The summed E-state index contributed by atoms with van der Waals surface area (Å²) in [4.78, 5) is 0.291. The molecule has 6 heteroatoms. The Kier molecular flexibility index (Phi) is 5.96. The van der Waals surface area contributed by atoms with E-state index in [1.165, 1.54) is 12.1 Å². The van der Waals surface area contributed by atoms with E-state index in [9.17, 15) is 8.42 Å². The van der Waals surface area contributed by atoms with E-state index in [4.69, 9.17) is 10.8 Å². The Labute approximate surface area is 102 Å². The minimum absolute atomic E-state index is 0. The molecule has 0 spiro atoms. The van der Waals surface area contributed by atoms with Gasteiger partial charge in [0, 0.05) is 0 Å². The van der Waals surface area contributed by atoms with Gasteiger partial charge in [-0.3, -0.25) is 0 Å². The Morgan fingerprint density at radius 1 is 1.31 bits per heavy atom. The molecule has 0 saturated carbocycles. The lowest BCUT2D eigenvalue weighted by atomic mass is 10.1. The van der Waals surface area contributed by atoms with Crippen molar-refractivity contribution in [3.8, 4) is 0 Å². The first-order chi connectivity index (χ1) is 7.01. The van der Waals surface area contributed by atoms with Crippen molar-refractivity contribution < 1.29 is 13.5 Å². The number of aliphatic hydroxyl groups excluding tert-OH is 1. The van der Waals surface area contributed by atoms with Crippen LogP contribution in [0.5, 0.6) is 0 Å². The zero-order valence-corrected chi connectivity index (χ0v) is 10.6. The van der Waals surface area contributed by atoms with Crippen molar-refractivity contribution in [2.24, 2.45) is 5.73 Å². The average molecular weight is 266 g/mol. The highest BCUT2D eigenvalue weighted by Crippen LogP contribution is 2.15. The molecule has 1 rings (SSSR count).